The van der Waals surface area contributed by atoms with Gasteiger partial charge in [0.1, 0.15) is 11.3 Å². The Morgan fingerprint density at radius 2 is 1.97 bits per heavy atom. The molecule has 0 aliphatic carbocycles. The summed E-state index contributed by atoms with van der Waals surface area (Å²) in [5, 5.41) is 13.3. The number of aliphatic hydroxyl groups is 1. The van der Waals surface area contributed by atoms with Crippen molar-refractivity contribution in [1.82, 2.24) is 19.5 Å². The topological polar surface area (TPSA) is 112 Å². The fraction of sp³-hybridized carbons (Fsp3) is 0.360. The zero-order valence-electron chi connectivity index (χ0n) is 19.8. The SMILES string of the molecule is CN(C)S(=O)(=O)c1ccc(OCC(=O)N[C@H](CN2CC[C@H](O)C2)c2ccccc2)c2ncccc12. The van der Waals surface area contributed by atoms with Gasteiger partial charge in [0.05, 0.1) is 17.0 Å². The van der Waals surface area contributed by atoms with Gasteiger partial charge in [-0.3, -0.25) is 14.7 Å². The van der Waals surface area contributed by atoms with Crippen LogP contribution >= 0.6 is 0 Å². The Balaban J connectivity index is 1.50. The Labute approximate surface area is 205 Å². The lowest BCUT2D eigenvalue weighted by atomic mass is 10.1. The molecule has 1 aliphatic heterocycles. The summed E-state index contributed by atoms with van der Waals surface area (Å²) in [5.41, 5.74) is 1.33. The van der Waals surface area contributed by atoms with Crippen LogP contribution in [0.5, 0.6) is 5.75 Å². The monoisotopic (exact) mass is 498 g/mol. The lowest BCUT2D eigenvalue weighted by Crippen LogP contribution is -2.39. The number of ether oxygens (including phenoxy) is 1. The molecule has 0 saturated carbocycles. The molecule has 0 unspecified atom stereocenters. The number of aliphatic hydroxyl groups excluding tert-OH is 1. The predicted octanol–water partition coefficient (Wildman–Crippen LogP) is 1.79. The molecule has 1 aromatic heterocycles. The number of rotatable bonds is 9. The molecule has 3 aromatic rings. The molecule has 186 valence electrons. The molecule has 4 rings (SSSR count). The Morgan fingerprint density at radius 1 is 1.20 bits per heavy atom. The molecule has 1 saturated heterocycles. The van der Waals surface area contributed by atoms with Crippen LogP contribution in [0.15, 0.2) is 65.7 Å². The standard InChI is InChI=1S/C25H30N4O5S/c1-28(2)35(32,33)23-11-10-22(25-20(23)9-6-13-26-25)34-17-24(31)27-21(18-7-4-3-5-8-18)16-29-14-12-19(30)15-29/h3-11,13,19,21,30H,12,14-17H2,1-2H3,(H,27,31)/t19-,21+/m0/s1. The first-order valence-electron chi connectivity index (χ1n) is 11.4. The number of carbonyl (C=O) groups excluding carboxylic acids is 1. The molecule has 10 heteroatoms. The summed E-state index contributed by atoms with van der Waals surface area (Å²) in [7, 11) is -0.737. The average molecular weight is 499 g/mol. The van der Waals surface area contributed by atoms with Crippen LogP contribution in [0.25, 0.3) is 10.9 Å². The maximum Gasteiger partial charge on any atom is 0.258 e. The highest BCUT2D eigenvalue weighted by Crippen LogP contribution is 2.30. The van der Waals surface area contributed by atoms with Gasteiger partial charge in [-0.1, -0.05) is 30.3 Å². The van der Waals surface area contributed by atoms with Crippen LogP contribution in [0.3, 0.4) is 0 Å². The quantitative estimate of drug-likeness (QED) is 0.463. The van der Waals surface area contributed by atoms with E-state index in [9.17, 15) is 18.3 Å². The van der Waals surface area contributed by atoms with E-state index in [1.54, 1.807) is 18.3 Å². The second kappa shape index (κ2) is 10.7. The van der Waals surface area contributed by atoms with Gasteiger partial charge in [0, 0.05) is 45.3 Å². The summed E-state index contributed by atoms with van der Waals surface area (Å²) in [6, 6.07) is 15.7. The van der Waals surface area contributed by atoms with Gasteiger partial charge in [-0.05, 0) is 36.2 Å². The van der Waals surface area contributed by atoms with Gasteiger partial charge in [-0.15, -0.1) is 0 Å². The molecule has 0 radical (unpaired) electrons. The Hall–Kier alpha value is -3.05. The molecule has 2 heterocycles. The van der Waals surface area contributed by atoms with E-state index in [0.29, 0.717) is 29.7 Å². The molecular weight excluding hydrogens is 468 g/mol. The van der Waals surface area contributed by atoms with Gasteiger partial charge in [0.2, 0.25) is 10.0 Å². The third kappa shape index (κ3) is 5.79. The molecule has 1 amide bonds. The van der Waals surface area contributed by atoms with Crippen LogP contribution in [-0.4, -0.2) is 80.1 Å². The summed E-state index contributed by atoms with van der Waals surface area (Å²) in [4.78, 5) is 19.4. The van der Waals surface area contributed by atoms with Crippen LogP contribution in [0.4, 0.5) is 0 Å². The van der Waals surface area contributed by atoms with Crippen LogP contribution < -0.4 is 10.1 Å². The lowest BCUT2D eigenvalue weighted by molar-refractivity contribution is -0.124. The number of pyridine rings is 1. The molecule has 1 aliphatic rings. The Morgan fingerprint density at radius 3 is 2.66 bits per heavy atom. The normalized spacial score (nSPS) is 17.5. The van der Waals surface area contributed by atoms with Crippen LogP contribution in [-0.2, 0) is 14.8 Å². The highest BCUT2D eigenvalue weighted by molar-refractivity contribution is 7.89. The number of benzene rings is 2. The Kier molecular flexibility index (Phi) is 7.66. The lowest BCUT2D eigenvalue weighted by Gasteiger charge is -2.25. The predicted molar refractivity (Wildman–Crippen MR) is 133 cm³/mol. The van der Waals surface area contributed by atoms with E-state index in [1.165, 1.54) is 26.2 Å². The second-order valence-electron chi connectivity index (χ2n) is 8.77. The number of hydrogen-bond donors (Lipinski definition) is 2. The second-order valence-corrected chi connectivity index (χ2v) is 10.9. The van der Waals surface area contributed by atoms with Crippen molar-refractivity contribution >= 4 is 26.8 Å². The highest BCUT2D eigenvalue weighted by atomic mass is 32.2. The number of aromatic nitrogens is 1. The molecule has 0 spiro atoms. The number of hydrogen-bond acceptors (Lipinski definition) is 7. The summed E-state index contributed by atoms with van der Waals surface area (Å²) in [6.45, 7) is 1.68. The smallest absolute Gasteiger partial charge is 0.258 e. The molecule has 0 bridgehead atoms. The number of amides is 1. The minimum Gasteiger partial charge on any atom is -0.481 e. The van der Waals surface area contributed by atoms with Crippen LogP contribution in [0.2, 0.25) is 0 Å². The number of nitrogens with zero attached hydrogens (tertiary/aromatic N) is 3. The summed E-state index contributed by atoms with van der Waals surface area (Å²) < 4.78 is 32.4. The van der Waals surface area contributed by atoms with Gasteiger partial charge >= 0.3 is 0 Å². The van der Waals surface area contributed by atoms with E-state index < -0.39 is 10.0 Å². The molecule has 2 aromatic carbocycles. The van der Waals surface area contributed by atoms with E-state index in [2.05, 4.69) is 15.2 Å². The molecule has 1 fully saturated rings. The largest absolute Gasteiger partial charge is 0.481 e. The fourth-order valence-electron chi connectivity index (χ4n) is 4.19. The van der Waals surface area contributed by atoms with E-state index in [1.807, 2.05) is 30.3 Å². The summed E-state index contributed by atoms with van der Waals surface area (Å²) >= 11 is 0. The number of likely N-dealkylation sites (tertiary alicyclic amines) is 1. The van der Waals surface area contributed by atoms with Crippen molar-refractivity contribution in [3.8, 4) is 5.75 Å². The first-order valence-corrected chi connectivity index (χ1v) is 12.9. The summed E-state index contributed by atoms with van der Waals surface area (Å²) in [5.74, 6) is 0.0139. The highest BCUT2D eigenvalue weighted by Gasteiger charge is 2.25. The van der Waals surface area contributed by atoms with Crippen molar-refractivity contribution in [1.29, 1.82) is 0 Å². The molecule has 2 N–H and O–H groups in total. The van der Waals surface area contributed by atoms with Gasteiger partial charge in [0.25, 0.3) is 5.91 Å². The van der Waals surface area contributed by atoms with Crippen LogP contribution in [0, 0.1) is 0 Å². The minimum atomic E-state index is -3.68. The van der Waals surface area contributed by atoms with E-state index in [-0.39, 0.29) is 29.6 Å². The maximum atomic E-state index is 12.9. The first kappa shape index (κ1) is 25.1. The third-order valence-corrected chi connectivity index (χ3v) is 7.91. The van der Waals surface area contributed by atoms with E-state index in [0.717, 1.165) is 22.8 Å². The fourth-order valence-corrected chi connectivity index (χ4v) is 5.27. The first-order chi connectivity index (χ1) is 16.8. The third-order valence-electron chi connectivity index (χ3n) is 6.04. The van der Waals surface area contributed by atoms with E-state index in [4.69, 9.17) is 4.74 Å². The zero-order chi connectivity index (χ0) is 25.0. The maximum absolute atomic E-state index is 12.9. The van der Waals surface area contributed by atoms with Crippen molar-refractivity contribution in [2.24, 2.45) is 0 Å². The van der Waals surface area contributed by atoms with Gasteiger partial charge in [-0.2, -0.15) is 0 Å². The molecule has 2 atom stereocenters. The Bertz CT molecular complexity index is 1280. The van der Waals surface area contributed by atoms with E-state index >= 15 is 0 Å². The number of nitrogens with one attached hydrogen (secondary N) is 1. The van der Waals surface area contributed by atoms with Crippen molar-refractivity contribution in [2.45, 2.75) is 23.5 Å². The average Bonchev–Trinajstić information content (AvgIpc) is 3.26. The summed E-state index contributed by atoms with van der Waals surface area (Å²) in [6.07, 6.45) is 1.93. The van der Waals surface area contributed by atoms with Crippen molar-refractivity contribution in [2.75, 3.05) is 40.3 Å². The number of fused-ring (bicyclic) bond motifs is 1. The van der Waals surface area contributed by atoms with Gasteiger partial charge in [-0.25, -0.2) is 12.7 Å². The van der Waals surface area contributed by atoms with Crippen LogP contribution in [0.1, 0.15) is 18.0 Å². The number of β-amino-alcohol motifs (C(OH)–C–C–N with tert-alkyl or cyclic N) is 1. The number of carbonyl (C=O) groups is 1. The van der Waals surface area contributed by atoms with Crippen molar-refractivity contribution < 1.29 is 23.1 Å². The van der Waals surface area contributed by atoms with Gasteiger partial charge in [0.15, 0.2) is 6.61 Å². The number of sulfonamides is 1. The minimum absolute atomic E-state index is 0.124. The van der Waals surface area contributed by atoms with Crippen molar-refractivity contribution in [3.63, 3.8) is 0 Å². The molecule has 9 nitrogen and oxygen atoms in total. The molecule has 35 heavy (non-hydrogen) atoms. The molecular formula is C25H30N4O5S. The zero-order valence-corrected chi connectivity index (χ0v) is 20.6. The van der Waals surface area contributed by atoms with Gasteiger partial charge < -0.3 is 15.2 Å². The van der Waals surface area contributed by atoms with Crippen molar-refractivity contribution in [3.05, 3.63) is 66.4 Å².